The average molecular weight is 185 g/mol. The lowest BCUT2D eigenvalue weighted by atomic mass is 9.67. The first-order chi connectivity index (χ1) is 6.33. The minimum Gasteiger partial charge on any atom is -0.385 e. The molecule has 0 heterocycles. The summed E-state index contributed by atoms with van der Waals surface area (Å²) in [6.07, 6.45) is 6.68. The minimum absolute atomic E-state index is 0.588. The van der Waals surface area contributed by atoms with Crippen LogP contribution in [0.15, 0.2) is 0 Å². The van der Waals surface area contributed by atoms with Gasteiger partial charge in [-0.15, -0.1) is 0 Å². The van der Waals surface area contributed by atoms with Gasteiger partial charge in [-0.1, -0.05) is 13.3 Å². The van der Waals surface area contributed by atoms with E-state index in [2.05, 4.69) is 12.2 Å². The first-order valence-corrected chi connectivity index (χ1v) is 5.53. The van der Waals surface area contributed by atoms with Crippen LogP contribution in [-0.4, -0.2) is 26.8 Å². The van der Waals surface area contributed by atoms with Gasteiger partial charge in [0, 0.05) is 20.3 Å². The Morgan fingerprint density at radius 2 is 2.15 bits per heavy atom. The first kappa shape index (κ1) is 11.0. The number of rotatable bonds is 7. The van der Waals surface area contributed by atoms with Gasteiger partial charge in [0.15, 0.2) is 0 Å². The largest absolute Gasteiger partial charge is 0.385 e. The number of ether oxygens (including phenoxy) is 1. The summed E-state index contributed by atoms with van der Waals surface area (Å²) in [7, 11) is 1.80. The van der Waals surface area contributed by atoms with Gasteiger partial charge in [0.2, 0.25) is 0 Å². The summed E-state index contributed by atoms with van der Waals surface area (Å²) < 4.78 is 5.15. The fourth-order valence-electron chi connectivity index (χ4n) is 2.04. The lowest BCUT2D eigenvalue weighted by Crippen LogP contribution is -2.41. The molecule has 1 N–H and O–H groups in total. The summed E-state index contributed by atoms with van der Waals surface area (Å²) in [6.45, 7) is 5.50. The summed E-state index contributed by atoms with van der Waals surface area (Å²) >= 11 is 0. The Kier molecular flexibility index (Phi) is 4.74. The molecule has 0 amide bonds. The van der Waals surface area contributed by atoms with E-state index >= 15 is 0 Å². The molecule has 13 heavy (non-hydrogen) atoms. The van der Waals surface area contributed by atoms with Gasteiger partial charge in [-0.3, -0.25) is 0 Å². The molecule has 0 aliphatic heterocycles. The quantitative estimate of drug-likeness (QED) is 0.614. The summed E-state index contributed by atoms with van der Waals surface area (Å²) in [5.41, 5.74) is 0.588. The Labute approximate surface area is 82.0 Å². The second-order valence-electron chi connectivity index (χ2n) is 4.27. The molecule has 0 bridgehead atoms. The van der Waals surface area contributed by atoms with Crippen molar-refractivity contribution in [3.63, 3.8) is 0 Å². The first-order valence-electron chi connectivity index (χ1n) is 5.53. The van der Waals surface area contributed by atoms with E-state index in [-0.39, 0.29) is 0 Å². The van der Waals surface area contributed by atoms with E-state index in [1.165, 1.54) is 38.6 Å². The van der Waals surface area contributed by atoms with Crippen LogP contribution >= 0.6 is 0 Å². The standard InChI is InChI=1S/C11H23NO/c1-3-8-12-10-11(5-4-6-11)7-9-13-2/h12H,3-10H2,1-2H3. The van der Waals surface area contributed by atoms with E-state index in [1.807, 2.05) is 0 Å². The van der Waals surface area contributed by atoms with Crippen molar-refractivity contribution in [2.45, 2.75) is 39.0 Å². The molecular weight excluding hydrogens is 162 g/mol. The molecule has 0 aromatic heterocycles. The molecule has 1 rings (SSSR count). The summed E-state index contributed by atoms with van der Waals surface area (Å²) in [5, 5.41) is 3.53. The van der Waals surface area contributed by atoms with Gasteiger partial charge in [-0.25, -0.2) is 0 Å². The highest BCUT2D eigenvalue weighted by Crippen LogP contribution is 2.43. The van der Waals surface area contributed by atoms with Crippen LogP contribution in [0.1, 0.15) is 39.0 Å². The number of hydrogen-bond donors (Lipinski definition) is 1. The monoisotopic (exact) mass is 185 g/mol. The maximum atomic E-state index is 5.15. The van der Waals surface area contributed by atoms with Crippen LogP contribution in [0, 0.1) is 5.41 Å². The van der Waals surface area contributed by atoms with E-state index in [0.717, 1.165) is 13.2 Å². The fourth-order valence-corrected chi connectivity index (χ4v) is 2.04. The Morgan fingerprint density at radius 3 is 2.62 bits per heavy atom. The van der Waals surface area contributed by atoms with Crippen molar-refractivity contribution in [1.82, 2.24) is 5.32 Å². The fraction of sp³-hybridized carbons (Fsp3) is 1.00. The third-order valence-corrected chi connectivity index (χ3v) is 3.18. The van der Waals surface area contributed by atoms with Crippen molar-refractivity contribution < 1.29 is 4.74 Å². The molecule has 0 radical (unpaired) electrons. The molecule has 2 heteroatoms. The van der Waals surface area contributed by atoms with Crippen molar-refractivity contribution in [1.29, 1.82) is 0 Å². The van der Waals surface area contributed by atoms with Gasteiger partial charge in [0.1, 0.15) is 0 Å². The van der Waals surface area contributed by atoms with E-state index in [4.69, 9.17) is 4.74 Å². The Balaban J connectivity index is 2.15. The molecule has 0 saturated heterocycles. The lowest BCUT2D eigenvalue weighted by molar-refractivity contribution is 0.0694. The molecular formula is C11H23NO. The molecule has 1 aliphatic carbocycles. The molecule has 0 spiro atoms. The van der Waals surface area contributed by atoms with Crippen LogP contribution in [-0.2, 0) is 4.74 Å². The number of hydrogen-bond acceptors (Lipinski definition) is 2. The molecule has 1 saturated carbocycles. The minimum atomic E-state index is 0.588. The molecule has 0 aromatic rings. The maximum Gasteiger partial charge on any atom is 0.0468 e. The Hall–Kier alpha value is -0.0800. The maximum absolute atomic E-state index is 5.15. The van der Waals surface area contributed by atoms with Crippen LogP contribution in [0.5, 0.6) is 0 Å². The zero-order chi connectivity index (χ0) is 9.57. The summed E-state index contributed by atoms with van der Waals surface area (Å²) in [5.74, 6) is 0. The highest BCUT2D eigenvalue weighted by Gasteiger charge is 2.35. The van der Waals surface area contributed by atoms with Crippen molar-refractivity contribution in [2.24, 2.45) is 5.41 Å². The third kappa shape index (κ3) is 3.28. The Morgan fingerprint density at radius 1 is 1.38 bits per heavy atom. The van der Waals surface area contributed by atoms with Crippen LogP contribution in [0.25, 0.3) is 0 Å². The van der Waals surface area contributed by atoms with Gasteiger partial charge in [-0.2, -0.15) is 0 Å². The van der Waals surface area contributed by atoms with Gasteiger partial charge in [-0.05, 0) is 37.6 Å². The molecule has 2 nitrogen and oxygen atoms in total. The number of nitrogens with one attached hydrogen (secondary N) is 1. The summed E-state index contributed by atoms with van der Waals surface area (Å²) in [6, 6.07) is 0. The topological polar surface area (TPSA) is 21.3 Å². The van der Waals surface area contributed by atoms with Crippen LogP contribution in [0.2, 0.25) is 0 Å². The lowest BCUT2D eigenvalue weighted by Gasteiger charge is -2.42. The SMILES string of the molecule is CCCNCC1(CCOC)CCC1. The predicted molar refractivity (Wildman–Crippen MR) is 55.9 cm³/mol. The third-order valence-electron chi connectivity index (χ3n) is 3.18. The molecule has 1 fully saturated rings. The van der Waals surface area contributed by atoms with Gasteiger partial charge >= 0.3 is 0 Å². The molecule has 78 valence electrons. The van der Waals surface area contributed by atoms with E-state index in [1.54, 1.807) is 7.11 Å². The molecule has 1 aliphatic rings. The normalized spacial score (nSPS) is 19.8. The average Bonchev–Trinajstić information content (AvgIpc) is 2.08. The van der Waals surface area contributed by atoms with Crippen LogP contribution in [0.4, 0.5) is 0 Å². The summed E-state index contributed by atoms with van der Waals surface area (Å²) in [4.78, 5) is 0. The van der Waals surface area contributed by atoms with Crippen LogP contribution < -0.4 is 5.32 Å². The molecule has 0 atom stereocenters. The van der Waals surface area contributed by atoms with E-state index < -0.39 is 0 Å². The van der Waals surface area contributed by atoms with Crippen LogP contribution in [0.3, 0.4) is 0 Å². The predicted octanol–water partition coefficient (Wildman–Crippen LogP) is 2.19. The highest BCUT2D eigenvalue weighted by molar-refractivity contribution is 4.89. The Bertz CT molecular complexity index is 132. The van der Waals surface area contributed by atoms with Crippen molar-refractivity contribution >= 4 is 0 Å². The zero-order valence-electron chi connectivity index (χ0n) is 9.07. The van der Waals surface area contributed by atoms with Crippen molar-refractivity contribution in [3.8, 4) is 0 Å². The van der Waals surface area contributed by atoms with Crippen molar-refractivity contribution in [2.75, 3.05) is 26.8 Å². The van der Waals surface area contributed by atoms with E-state index in [9.17, 15) is 0 Å². The smallest absolute Gasteiger partial charge is 0.0468 e. The van der Waals surface area contributed by atoms with Gasteiger partial charge in [0.25, 0.3) is 0 Å². The second kappa shape index (κ2) is 5.61. The second-order valence-corrected chi connectivity index (χ2v) is 4.27. The molecule has 0 unspecified atom stereocenters. The highest BCUT2D eigenvalue weighted by atomic mass is 16.5. The van der Waals surface area contributed by atoms with Gasteiger partial charge in [0.05, 0.1) is 0 Å². The van der Waals surface area contributed by atoms with Gasteiger partial charge < -0.3 is 10.1 Å². The zero-order valence-corrected chi connectivity index (χ0v) is 9.07. The van der Waals surface area contributed by atoms with Crippen molar-refractivity contribution in [3.05, 3.63) is 0 Å². The molecule has 0 aromatic carbocycles. The van der Waals surface area contributed by atoms with E-state index in [0.29, 0.717) is 5.41 Å². The number of methoxy groups -OCH3 is 1.